The summed E-state index contributed by atoms with van der Waals surface area (Å²) in [7, 11) is 0. The molecule has 94 valence electrons. The minimum atomic E-state index is 0.208. The topological polar surface area (TPSA) is 34.0 Å². The predicted octanol–water partition coefficient (Wildman–Crippen LogP) is 2.42. The van der Waals surface area contributed by atoms with Gasteiger partial charge in [0.15, 0.2) is 0 Å². The molecule has 3 heteroatoms. The summed E-state index contributed by atoms with van der Waals surface area (Å²) >= 11 is 0. The maximum absolute atomic E-state index is 12.4. The van der Waals surface area contributed by atoms with E-state index in [1.165, 1.54) is 5.69 Å². The summed E-state index contributed by atoms with van der Waals surface area (Å²) in [5.41, 5.74) is 2.28. The number of hydrogen-bond donors (Lipinski definition) is 1. The van der Waals surface area contributed by atoms with E-state index in [2.05, 4.69) is 32.2 Å². The summed E-state index contributed by atoms with van der Waals surface area (Å²) < 4.78 is 2.03. The van der Waals surface area contributed by atoms with Crippen molar-refractivity contribution in [2.75, 3.05) is 6.54 Å². The zero-order valence-corrected chi connectivity index (χ0v) is 11.0. The molecule has 0 bridgehead atoms. The van der Waals surface area contributed by atoms with Crippen LogP contribution in [-0.2, 0) is 6.54 Å². The molecule has 1 fully saturated rings. The first-order chi connectivity index (χ1) is 8.15. The lowest BCUT2D eigenvalue weighted by Gasteiger charge is -2.16. The summed E-state index contributed by atoms with van der Waals surface area (Å²) in [6.45, 7) is 7.94. The Morgan fingerprint density at radius 1 is 1.41 bits per heavy atom. The normalized spacial score (nSPS) is 15.5. The van der Waals surface area contributed by atoms with Crippen LogP contribution in [0.5, 0.6) is 0 Å². The Morgan fingerprint density at radius 2 is 2.12 bits per heavy atom. The Balaban J connectivity index is 2.39. The van der Waals surface area contributed by atoms with Crippen LogP contribution in [-0.4, -0.2) is 11.1 Å². The van der Waals surface area contributed by atoms with Gasteiger partial charge in [-0.2, -0.15) is 0 Å². The van der Waals surface area contributed by atoms with Crippen LogP contribution in [0.2, 0.25) is 0 Å². The zero-order chi connectivity index (χ0) is 12.4. The zero-order valence-electron chi connectivity index (χ0n) is 11.0. The highest BCUT2D eigenvalue weighted by Gasteiger charge is 2.27. The molecule has 0 unspecified atom stereocenters. The fraction of sp³-hybridized carbons (Fsp3) is 0.643. The molecule has 2 rings (SSSR count). The molecule has 1 aliphatic rings. The molecular formula is C14H22N2O. The van der Waals surface area contributed by atoms with Crippen molar-refractivity contribution in [3.05, 3.63) is 33.7 Å². The second kappa shape index (κ2) is 5.05. The Labute approximate surface area is 103 Å². The highest BCUT2D eigenvalue weighted by molar-refractivity contribution is 5.20. The second-order valence-corrected chi connectivity index (χ2v) is 5.12. The third-order valence-corrected chi connectivity index (χ3v) is 3.30. The van der Waals surface area contributed by atoms with Gasteiger partial charge in [-0.3, -0.25) is 4.79 Å². The number of aromatic nitrogens is 1. The van der Waals surface area contributed by atoms with Crippen LogP contribution in [0.1, 0.15) is 56.8 Å². The number of nitrogens with one attached hydrogen (secondary N) is 1. The fourth-order valence-corrected chi connectivity index (χ4v) is 2.18. The number of nitrogens with zero attached hydrogens (tertiary/aromatic N) is 1. The Morgan fingerprint density at radius 3 is 2.65 bits per heavy atom. The average Bonchev–Trinajstić information content (AvgIpc) is 3.10. The molecule has 1 aromatic rings. The van der Waals surface area contributed by atoms with Crippen molar-refractivity contribution < 1.29 is 0 Å². The van der Waals surface area contributed by atoms with Crippen molar-refractivity contribution in [1.29, 1.82) is 0 Å². The lowest BCUT2D eigenvalue weighted by atomic mass is 10.1. The van der Waals surface area contributed by atoms with E-state index in [9.17, 15) is 4.79 Å². The molecule has 3 nitrogen and oxygen atoms in total. The molecule has 1 N–H and O–H groups in total. The quantitative estimate of drug-likeness (QED) is 0.849. The summed E-state index contributed by atoms with van der Waals surface area (Å²) in [4.78, 5) is 12.4. The molecule has 1 aliphatic carbocycles. The number of pyridine rings is 1. The summed E-state index contributed by atoms with van der Waals surface area (Å²) in [5.74, 6) is 0.413. The largest absolute Gasteiger partial charge is 0.313 e. The average molecular weight is 234 g/mol. The second-order valence-electron chi connectivity index (χ2n) is 5.12. The van der Waals surface area contributed by atoms with Crippen molar-refractivity contribution >= 4 is 0 Å². The van der Waals surface area contributed by atoms with Gasteiger partial charge in [-0.15, -0.1) is 0 Å². The number of rotatable bonds is 5. The van der Waals surface area contributed by atoms with Crippen LogP contribution in [0.3, 0.4) is 0 Å². The Hall–Kier alpha value is -1.09. The minimum absolute atomic E-state index is 0.208. The summed E-state index contributed by atoms with van der Waals surface area (Å²) in [6.07, 6.45) is 2.31. The fourth-order valence-electron chi connectivity index (χ4n) is 2.18. The van der Waals surface area contributed by atoms with E-state index in [4.69, 9.17) is 0 Å². The Bertz CT molecular complexity index is 444. The summed E-state index contributed by atoms with van der Waals surface area (Å²) in [6, 6.07) is 4.57. The molecule has 1 aromatic heterocycles. The molecule has 1 saturated carbocycles. The van der Waals surface area contributed by atoms with E-state index in [-0.39, 0.29) is 5.56 Å². The molecule has 0 aromatic carbocycles. The van der Waals surface area contributed by atoms with Crippen LogP contribution in [0.25, 0.3) is 0 Å². The highest BCUT2D eigenvalue weighted by Crippen LogP contribution is 2.36. The molecular weight excluding hydrogens is 212 g/mol. The monoisotopic (exact) mass is 234 g/mol. The van der Waals surface area contributed by atoms with Gasteiger partial charge in [-0.05, 0) is 31.4 Å². The van der Waals surface area contributed by atoms with Crippen LogP contribution in [0.4, 0.5) is 0 Å². The van der Waals surface area contributed by atoms with E-state index in [1.54, 1.807) is 0 Å². The predicted molar refractivity (Wildman–Crippen MR) is 70.4 cm³/mol. The molecule has 0 atom stereocenters. The van der Waals surface area contributed by atoms with Crippen LogP contribution in [0.15, 0.2) is 16.9 Å². The van der Waals surface area contributed by atoms with Crippen molar-refractivity contribution in [3.8, 4) is 0 Å². The van der Waals surface area contributed by atoms with E-state index in [1.807, 2.05) is 10.6 Å². The summed E-state index contributed by atoms with van der Waals surface area (Å²) in [5, 5.41) is 3.23. The van der Waals surface area contributed by atoms with Crippen LogP contribution < -0.4 is 10.9 Å². The van der Waals surface area contributed by atoms with E-state index in [0.717, 1.165) is 24.9 Å². The molecule has 0 spiro atoms. The number of hydrogen-bond acceptors (Lipinski definition) is 2. The van der Waals surface area contributed by atoms with E-state index in [0.29, 0.717) is 18.5 Å². The minimum Gasteiger partial charge on any atom is -0.313 e. The van der Waals surface area contributed by atoms with Crippen LogP contribution >= 0.6 is 0 Å². The van der Waals surface area contributed by atoms with Gasteiger partial charge in [0.25, 0.3) is 5.56 Å². The van der Waals surface area contributed by atoms with Crippen LogP contribution in [0, 0.1) is 0 Å². The molecule has 1 heterocycles. The molecule has 0 amide bonds. The van der Waals surface area contributed by atoms with Gasteiger partial charge in [-0.1, -0.05) is 26.8 Å². The van der Waals surface area contributed by atoms with Crippen molar-refractivity contribution in [3.63, 3.8) is 0 Å². The molecule has 17 heavy (non-hydrogen) atoms. The molecule has 0 radical (unpaired) electrons. The van der Waals surface area contributed by atoms with E-state index >= 15 is 0 Å². The lowest BCUT2D eigenvalue weighted by molar-refractivity contribution is 0.610. The Kier molecular flexibility index (Phi) is 3.67. The SMILES string of the molecule is CCNCc1ccc(C(C)C)n(C2CC2)c1=O. The smallest absolute Gasteiger partial charge is 0.255 e. The van der Waals surface area contributed by atoms with Crippen molar-refractivity contribution in [1.82, 2.24) is 9.88 Å². The first-order valence-corrected chi connectivity index (χ1v) is 6.60. The van der Waals surface area contributed by atoms with Gasteiger partial charge in [0, 0.05) is 23.8 Å². The van der Waals surface area contributed by atoms with Crippen molar-refractivity contribution in [2.45, 2.75) is 52.1 Å². The van der Waals surface area contributed by atoms with Crippen molar-refractivity contribution in [2.24, 2.45) is 0 Å². The first-order valence-electron chi connectivity index (χ1n) is 6.60. The van der Waals surface area contributed by atoms with Gasteiger partial charge in [0.2, 0.25) is 0 Å². The third kappa shape index (κ3) is 2.60. The maximum atomic E-state index is 12.4. The standard InChI is InChI=1S/C14H22N2O/c1-4-15-9-11-5-8-13(10(2)3)16(14(11)17)12-6-7-12/h5,8,10,12,15H,4,6-7,9H2,1-3H3. The maximum Gasteiger partial charge on any atom is 0.255 e. The van der Waals surface area contributed by atoms with Gasteiger partial charge in [0.1, 0.15) is 0 Å². The lowest BCUT2D eigenvalue weighted by Crippen LogP contribution is -2.29. The third-order valence-electron chi connectivity index (χ3n) is 3.30. The molecule has 0 aliphatic heterocycles. The highest BCUT2D eigenvalue weighted by atomic mass is 16.1. The van der Waals surface area contributed by atoms with Gasteiger partial charge in [0.05, 0.1) is 0 Å². The first kappa shape index (κ1) is 12.4. The van der Waals surface area contributed by atoms with Gasteiger partial charge >= 0.3 is 0 Å². The molecule has 0 saturated heterocycles. The van der Waals surface area contributed by atoms with Gasteiger partial charge in [-0.25, -0.2) is 0 Å². The van der Waals surface area contributed by atoms with E-state index < -0.39 is 0 Å². The van der Waals surface area contributed by atoms with Gasteiger partial charge < -0.3 is 9.88 Å².